The second-order valence-corrected chi connectivity index (χ2v) is 5.63. The molecule has 0 saturated carbocycles. The van der Waals surface area contributed by atoms with Crippen LogP contribution in [0.2, 0.25) is 5.02 Å². The van der Waals surface area contributed by atoms with E-state index < -0.39 is 0 Å². The topological polar surface area (TPSA) is 17.1 Å². The fourth-order valence-electron chi connectivity index (χ4n) is 2.30. The number of halogens is 2. The molecule has 0 atom stereocenters. The lowest BCUT2D eigenvalue weighted by Crippen LogP contribution is -1.93. The number of ketones is 1. The molecule has 3 heteroatoms. The predicted octanol–water partition coefficient (Wildman–Crippen LogP) is 6.48. The van der Waals surface area contributed by atoms with Gasteiger partial charge in [0.1, 0.15) is 0 Å². The van der Waals surface area contributed by atoms with Gasteiger partial charge < -0.3 is 0 Å². The van der Waals surface area contributed by atoms with E-state index in [2.05, 4.69) is 24.3 Å². The van der Waals surface area contributed by atoms with E-state index in [1.165, 1.54) is 5.56 Å². The predicted molar refractivity (Wildman–Crippen MR) is 107 cm³/mol. The third kappa shape index (κ3) is 4.67. The van der Waals surface area contributed by atoms with Crippen molar-refractivity contribution in [3.63, 3.8) is 0 Å². The Labute approximate surface area is 157 Å². The molecule has 0 aliphatic rings. The number of rotatable bonds is 4. The van der Waals surface area contributed by atoms with Gasteiger partial charge in [0, 0.05) is 10.6 Å². The minimum Gasteiger partial charge on any atom is -0.289 e. The lowest BCUT2D eigenvalue weighted by molar-refractivity contribution is 0.104. The van der Waals surface area contributed by atoms with E-state index in [0.717, 1.165) is 11.1 Å². The molecule has 0 aliphatic heterocycles. The summed E-state index contributed by atoms with van der Waals surface area (Å²) >= 11 is 5.83. The Morgan fingerprint density at radius 3 is 1.96 bits per heavy atom. The normalized spacial score (nSPS) is 10.4. The lowest BCUT2D eigenvalue weighted by Gasteiger charge is -2.02. The maximum absolute atomic E-state index is 12.1. The van der Waals surface area contributed by atoms with Crippen LogP contribution in [0.3, 0.4) is 0 Å². The van der Waals surface area contributed by atoms with E-state index >= 15 is 0 Å². The summed E-state index contributed by atoms with van der Waals surface area (Å²) in [6, 6.07) is 25.2. The largest absolute Gasteiger partial charge is 0.289 e. The fraction of sp³-hybridized carbons (Fsp3) is 0. The molecule has 3 rings (SSSR count). The molecule has 0 radical (unpaired) electrons. The van der Waals surface area contributed by atoms with Crippen molar-refractivity contribution in [2.24, 2.45) is 0 Å². The van der Waals surface area contributed by atoms with E-state index in [9.17, 15) is 4.79 Å². The molecule has 24 heavy (non-hydrogen) atoms. The van der Waals surface area contributed by atoms with E-state index in [-0.39, 0.29) is 22.8 Å². The number of carbonyl (C=O) groups is 1. The van der Waals surface area contributed by atoms with Gasteiger partial charge in [0.2, 0.25) is 0 Å². The first-order chi connectivity index (χ1) is 11.2. The maximum atomic E-state index is 12.1. The van der Waals surface area contributed by atoms with E-state index in [1.54, 1.807) is 30.3 Å². The zero-order valence-corrected chi connectivity index (χ0v) is 15.3. The number of benzene rings is 3. The van der Waals surface area contributed by atoms with Crippen molar-refractivity contribution >= 4 is 40.4 Å². The Hall–Kier alpha value is -2.16. The first kappa shape index (κ1) is 18.2. The average molecular weight is 400 g/mol. The Morgan fingerprint density at radius 1 is 0.750 bits per heavy atom. The van der Waals surface area contributed by atoms with E-state index in [0.29, 0.717) is 10.6 Å². The monoisotopic (exact) mass is 398 g/mol. The molecule has 0 N–H and O–H groups in total. The molecule has 0 bridgehead atoms. The van der Waals surface area contributed by atoms with Gasteiger partial charge in [-0.2, -0.15) is 0 Å². The fourth-order valence-corrected chi connectivity index (χ4v) is 2.43. The van der Waals surface area contributed by atoms with Crippen LogP contribution in [0.4, 0.5) is 0 Å². The molecule has 3 aromatic rings. The molecule has 1 nitrogen and oxygen atoms in total. The van der Waals surface area contributed by atoms with Crippen molar-refractivity contribution in [3.05, 3.63) is 101 Å². The van der Waals surface area contributed by atoms with Gasteiger partial charge in [-0.05, 0) is 47.0 Å². The van der Waals surface area contributed by atoms with Gasteiger partial charge in [0.05, 0.1) is 0 Å². The molecule has 120 valence electrons. The van der Waals surface area contributed by atoms with Crippen LogP contribution in [0.15, 0.2) is 84.9 Å². The van der Waals surface area contributed by atoms with Crippen molar-refractivity contribution in [2.45, 2.75) is 0 Å². The molecule has 0 amide bonds. The quantitative estimate of drug-likeness (QED) is 0.362. The van der Waals surface area contributed by atoms with Crippen molar-refractivity contribution in [3.8, 4) is 11.1 Å². The summed E-state index contributed by atoms with van der Waals surface area (Å²) in [7, 11) is 0. The van der Waals surface area contributed by atoms with Crippen LogP contribution in [0.5, 0.6) is 0 Å². The Morgan fingerprint density at radius 2 is 1.33 bits per heavy atom. The van der Waals surface area contributed by atoms with Crippen molar-refractivity contribution < 1.29 is 4.79 Å². The van der Waals surface area contributed by atoms with Crippen LogP contribution in [-0.4, -0.2) is 5.78 Å². The highest BCUT2D eigenvalue weighted by Gasteiger charge is 2.01. The van der Waals surface area contributed by atoms with Gasteiger partial charge in [0.15, 0.2) is 5.78 Å². The van der Waals surface area contributed by atoms with E-state index in [1.807, 2.05) is 36.4 Å². The molecule has 0 aromatic heterocycles. The second-order valence-electron chi connectivity index (χ2n) is 5.19. The highest BCUT2D eigenvalue weighted by atomic mass is 79.9. The van der Waals surface area contributed by atoms with Crippen LogP contribution in [-0.2, 0) is 0 Å². The van der Waals surface area contributed by atoms with Gasteiger partial charge in [-0.3, -0.25) is 4.79 Å². The Kier molecular flexibility index (Phi) is 6.53. The van der Waals surface area contributed by atoms with Gasteiger partial charge in [-0.25, -0.2) is 0 Å². The van der Waals surface area contributed by atoms with Gasteiger partial charge in [0.25, 0.3) is 0 Å². The van der Waals surface area contributed by atoms with Crippen molar-refractivity contribution in [1.29, 1.82) is 0 Å². The third-order valence-electron chi connectivity index (χ3n) is 3.57. The molecule has 0 unspecified atom stereocenters. The summed E-state index contributed by atoms with van der Waals surface area (Å²) < 4.78 is 0. The zero-order chi connectivity index (χ0) is 16.1. The third-order valence-corrected chi connectivity index (χ3v) is 3.83. The second kappa shape index (κ2) is 8.62. The molecule has 0 fully saturated rings. The number of allylic oxidation sites excluding steroid dienone is 1. The van der Waals surface area contributed by atoms with Crippen LogP contribution in [0.25, 0.3) is 17.2 Å². The number of hydrogen-bond donors (Lipinski definition) is 0. The summed E-state index contributed by atoms with van der Waals surface area (Å²) in [6.45, 7) is 0. The van der Waals surface area contributed by atoms with Gasteiger partial charge in [-0.1, -0.05) is 72.3 Å². The minimum atomic E-state index is -0.0335. The van der Waals surface area contributed by atoms with Crippen molar-refractivity contribution in [1.82, 2.24) is 0 Å². The summed E-state index contributed by atoms with van der Waals surface area (Å²) in [4.78, 5) is 12.1. The molecular formula is C21H16BrClO. The number of hydrogen-bond acceptors (Lipinski definition) is 1. The smallest absolute Gasteiger partial charge is 0.185 e. The molecule has 0 heterocycles. The first-order valence-electron chi connectivity index (χ1n) is 7.36. The van der Waals surface area contributed by atoms with Crippen LogP contribution < -0.4 is 0 Å². The molecule has 0 spiro atoms. The summed E-state index contributed by atoms with van der Waals surface area (Å²) in [5.41, 5.74) is 3.96. The summed E-state index contributed by atoms with van der Waals surface area (Å²) in [5, 5.41) is 0.627. The van der Waals surface area contributed by atoms with Crippen molar-refractivity contribution in [2.75, 3.05) is 0 Å². The summed E-state index contributed by atoms with van der Waals surface area (Å²) in [6.07, 6.45) is 3.41. The van der Waals surface area contributed by atoms with Crippen LogP contribution in [0, 0.1) is 0 Å². The zero-order valence-electron chi connectivity index (χ0n) is 12.9. The molecule has 0 saturated heterocycles. The summed E-state index contributed by atoms with van der Waals surface area (Å²) in [5.74, 6) is -0.0335. The maximum Gasteiger partial charge on any atom is 0.185 e. The first-order valence-corrected chi connectivity index (χ1v) is 7.74. The Bertz CT molecular complexity index is 822. The molecule has 3 aromatic carbocycles. The SMILES string of the molecule is Br.O=C(C=Cc1ccc(-c2ccccc2)cc1)c1ccc(Cl)cc1. The highest BCUT2D eigenvalue weighted by Crippen LogP contribution is 2.19. The lowest BCUT2D eigenvalue weighted by atomic mass is 10.0. The average Bonchev–Trinajstić information content (AvgIpc) is 2.61. The molecule has 0 aliphatic carbocycles. The van der Waals surface area contributed by atoms with Crippen LogP contribution >= 0.6 is 28.6 Å². The standard InChI is InChI=1S/C21H15ClO.BrH/c22-20-13-11-19(12-14-20)21(23)15-8-16-6-9-18(10-7-16)17-4-2-1-3-5-17;/h1-15H;1H. The van der Waals surface area contributed by atoms with Crippen LogP contribution in [0.1, 0.15) is 15.9 Å². The highest BCUT2D eigenvalue weighted by molar-refractivity contribution is 8.93. The molecular weight excluding hydrogens is 384 g/mol. The van der Waals surface area contributed by atoms with Gasteiger partial charge in [-0.15, -0.1) is 17.0 Å². The van der Waals surface area contributed by atoms with E-state index in [4.69, 9.17) is 11.6 Å². The van der Waals surface area contributed by atoms with Gasteiger partial charge >= 0.3 is 0 Å². The number of carbonyl (C=O) groups excluding carboxylic acids is 1. The minimum absolute atomic E-state index is 0. The Balaban J connectivity index is 0.00000208.